The molecular formula is C19H30N2O4S. The van der Waals surface area contributed by atoms with Crippen molar-refractivity contribution in [2.24, 2.45) is 5.92 Å². The highest BCUT2D eigenvalue weighted by Crippen LogP contribution is 2.28. The number of hydrogen-bond donors (Lipinski definition) is 2. The molecule has 0 aliphatic heterocycles. The molecule has 0 atom stereocenters. The average molecular weight is 383 g/mol. The Balaban J connectivity index is 1.93. The van der Waals surface area contributed by atoms with E-state index in [2.05, 4.69) is 10.0 Å². The highest BCUT2D eigenvalue weighted by Gasteiger charge is 2.18. The van der Waals surface area contributed by atoms with Crippen LogP contribution in [0.15, 0.2) is 23.1 Å². The minimum Gasteiger partial charge on any atom is -0.383 e. The molecule has 0 unspecified atom stereocenters. The molecule has 0 aromatic heterocycles. The Morgan fingerprint density at radius 1 is 1.23 bits per heavy atom. The molecule has 1 aromatic carbocycles. The third-order valence-corrected chi connectivity index (χ3v) is 6.37. The van der Waals surface area contributed by atoms with Gasteiger partial charge < -0.3 is 10.1 Å². The van der Waals surface area contributed by atoms with E-state index in [4.69, 9.17) is 4.74 Å². The van der Waals surface area contributed by atoms with Crippen LogP contribution < -0.4 is 10.0 Å². The van der Waals surface area contributed by atoms with Gasteiger partial charge in [-0.05, 0) is 43.4 Å². The van der Waals surface area contributed by atoms with E-state index < -0.39 is 10.0 Å². The van der Waals surface area contributed by atoms with Crippen LogP contribution in [0.4, 0.5) is 0 Å². The molecule has 1 aromatic rings. The van der Waals surface area contributed by atoms with Gasteiger partial charge in [-0.15, -0.1) is 0 Å². The standard InChI is InChI=1S/C19H30N2O4S/c1-15-9-10-17(26(23,24)21-12-13-25-2)14-18(15)19(22)20-11-5-8-16-6-3-4-7-16/h9-10,14,16,21H,3-8,11-13H2,1-2H3,(H,20,22). The predicted octanol–water partition coefficient (Wildman–Crippen LogP) is 2.62. The second kappa shape index (κ2) is 10.0. The van der Waals surface area contributed by atoms with E-state index in [0.717, 1.165) is 24.3 Å². The maximum Gasteiger partial charge on any atom is 0.251 e. The summed E-state index contributed by atoms with van der Waals surface area (Å²) in [4.78, 5) is 12.5. The molecule has 0 heterocycles. The lowest BCUT2D eigenvalue weighted by Crippen LogP contribution is -2.28. The molecule has 0 bridgehead atoms. The quantitative estimate of drug-likeness (QED) is 0.609. The van der Waals surface area contributed by atoms with Crippen molar-refractivity contribution >= 4 is 15.9 Å². The van der Waals surface area contributed by atoms with Gasteiger partial charge in [0.15, 0.2) is 0 Å². The minimum atomic E-state index is -3.65. The second-order valence-electron chi connectivity index (χ2n) is 6.92. The zero-order chi connectivity index (χ0) is 19.0. The van der Waals surface area contributed by atoms with Crippen molar-refractivity contribution in [3.8, 4) is 0 Å². The molecule has 1 aliphatic carbocycles. The number of aryl methyl sites for hydroxylation is 1. The summed E-state index contributed by atoms with van der Waals surface area (Å²) in [6.07, 6.45) is 7.39. The Labute approximate surface area is 156 Å². The van der Waals surface area contributed by atoms with E-state index in [0.29, 0.717) is 18.7 Å². The van der Waals surface area contributed by atoms with Crippen molar-refractivity contribution in [3.05, 3.63) is 29.3 Å². The molecule has 146 valence electrons. The summed E-state index contributed by atoms with van der Waals surface area (Å²) in [5.74, 6) is 0.586. The largest absolute Gasteiger partial charge is 0.383 e. The Morgan fingerprint density at radius 2 is 1.96 bits per heavy atom. The zero-order valence-corrected chi connectivity index (χ0v) is 16.5. The highest BCUT2D eigenvalue weighted by atomic mass is 32.2. The first kappa shape index (κ1) is 20.9. The fourth-order valence-corrected chi connectivity index (χ4v) is 4.40. The molecule has 2 N–H and O–H groups in total. The number of rotatable bonds is 10. The van der Waals surface area contributed by atoms with Crippen LogP contribution in [0.2, 0.25) is 0 Å². The van der Waals surface area contributed by atoms with Crippen molar-refractivity contribution in [1.29, 1.82) is 0 Å². The molecule has 2 rings (SSSR count). The van der Waals surface area contributed by atoms with Gasteiger partial charge in [-0.1, -0.05) is 31.7 Å². The van der Waals surface area contributed by atoms with Crippen LogP contribution in [0, 0.1) is 12.8 Å². The van der Waals surface area contributed by atoms with Gasteiger partial charge in [0, 0.05) is 25.8 Å². The van der Waals surface area contributed by atoms with E-state index >= 15 is 0 Å². The lowest BCUT2D eigenvalue weighted by molar-refractivity contribution is 0.0951. The summed E-state index contributed by atoms with van der Waals surface area (Å²) in [7, 11) is -2.14. The summed E-state index contributed by atoms with van der Waals surface area (Å²) in [5.41, 5.74) is 1.16. The fraction of sp³-hybridized carbons (Fsp3) is 0.632. The average Bonchev–Trinajstić information content (AvgIpc) is 3.12. The van der Waals surface area contributed by atoms with Crippen LogP contribution in [0.1, 0.15) is 54.4 Å². The summed E-state index contributed by atoms with van der Waals surface area (Å²) < 4.78 is 31.9. The monoisotopic (exact) mass is 382 g/mol. The van der Waals surface area contributed by atoms with Crippen molar-refractivity contribution in [3.63, 3.8) is 0 Å². The van der Waals surface area contributed by atoms with E-state index in [-0.39, 0.29) is 17.3 Å². The number of methoxy groups -OCH3 is 1. The SMILES string of the molecule is COCCNS(=O)(=O)c1ccc(C)c(C(=O)NCCCC2CCCC2)c1. The number of amides is 1. The van der Waals surface area contributed by atoms with E-state index in [9.17, 15) is 13.2 Å². The van der Waals surface area contributed by atoms with Crippen LogP contribution in [0.25, 0.3) is 0 Å². The summed E-state index contributed by atoms with van der Waals surface area (Å²) in [5, 5.41) is 2.92. The second-order valence-corrected chi connectivity index (χ2v) is 8.68. The summed E-state index contributed by atoms with van der Waals surface area (Å²) in [6, 6.07) is 4.62. The molecule has 0 spiro atoms. The third-order valence-electron chi connectivity index (χ3n) is 4.91. The van der Waals surface area contributed by atoms with Crippen LogP contribution in [-0.2, 0) is 14.8 Å². The van der Waals surface area contributed by atoms with Crippen LogP contribution in [0.5, 0.6) is 0 Å². The Morgan fingerprint density at radius 3 is 2.65 bits per heavy atom. The number of sulfonamides is 1. The molecule has 0 saturated heterocycles. The topological polar surface area (TPSA) is 84.5 Å². The Hall–Kier alpha value is -1.44. The van der Waals surface area contributed by atoms with Crippen molar-refractivity contribution in [1.82, 2.24) is 10.0 Å². The van der Waals surface area contributed by atoms with Gasteiger partial charge in [-0.2, -0.15) is 0 Å². The van der Waals surface area contributed by atoms with E-state index in [1.165, 1.54) is 44.9 Å². The van der Waals surface area contributed by atoms with E-state index in [1.807, 2.05) is 6.92 Å². The first-order chi connectivity index (χ1) is 12.4. The van der Waals surface area contributed by atoms with Gasteiger partial charge in [0.25, 0.3) is 5.91 Å². The number of carbonyl (C=O) groups excluding carboxylic acids is 1. The van der Waals surface area contributed by atoms with Gasteiger partial charge in [-0.25, -0.2) is 13.1 Å². The van der Waals surface area contributed by atoms with Crippen molar-refractivity contribution in [2.45, 2.75) is 50.3 Å². The zero-order valence-electron chi connectivity index (χ0n) is 15.7. The molecule has 1 amide bonds. The first-order valence-electron chi connectivity index (χ1n) is 9.31. The molecule has 7 heteroatoms. The van der Waals surface area contributed by atoms with Gasteiger partial charge in [-0.3, -0.25) is 4.79 Å². The van der Waals surface area contributed by atoms with Crippen molar-refractivity contribution in [2.75, 3.05) is 26.8 Å². The molecule has 1 fully saturated rings. The van der Waals surface area contributed by atoms with Crippen LogP contribution in [-0.4, -0.2) is 41.1 Å². The molecule has 0 radical (unpaired) electrons. The molecule has 1 saturated carbocycles. The van der Waals surface area contributed by atoms with Gasteiger partial charge in [0.05, 0.1) is 11.5 Å². The third kappa shape index (κ3) is 6.07. The van der Waals surface area contributed by atoms with Crippen LogP contribution in [0.3, 0.4) is 0 Å². The maximum absolute atomic E-state index is 12.5. The fourth-order valence-electron chi connectivity index (χ4n) is 3.36. The summed E-state index contributed by atoms with van der Waals surface area (Å²) in [6.45, 7) is 2.91. The Kier molecular flexibility index (Phi) is 8.06. The van der Waals surface area contributed by atoms with Crippen molar-refractivity contribution < 1.29 is 17.9 Å². The number of benzene rings is 1. The minimum absolute atomic E-state index is 0.0929. The highest BCUT2D eigenvalue weighted by molar-refractivity contribution is 7.89. The predicted molar refractivity (Wildman–Crippen MR) is 102 cm³/mol. The lowest BCUT2D eigenvalue weighted by Gasteiger charge is -2.12. The molecule has 26 heavy (non-hydrogen) atoms. The van der Waals surface area contributed by atoms with E-state index in [1.54, 1.807) is 6.07 Å². The van der Waals surface area contributed by atoms with Crippen LogP contribution >= 0.6 is 0 Å². The lowest BCUT2D eigenvalue weighted by atomic mass is 10.0. The first-order valence-corrected chi connectivity index (χ1v) is 10.8. The molecule has 6 nitrogen and oxygen atoms in total. The molecular weight excluding hydrogens is 352 g/mol. The number of hydrogen-bond acceptors (Lipinski definition) is 4. The van der Waals surface area contributed by atoms with Gasteiger partial charge >= 0.3 is 0 Å². The summed E-state index contributed by atoms with van der Waals surface area (Å²) >= 11 is 0. The van der Waals surface area contributed by atoms with Gasteiger partial charge in [0.1, 0.15) is 0 Å². The normalized spacial score (nSPS) is 15.3. The van der Waals surface area contributed by atoms with Gasteiger partial charge in [0.2, 0.25) is 10.0 Å². The number of carbonyl (C=O) groups is 1. The Bertz CT molecular complexity index is 697. The number of nitrogens with one attached hydrogen (secondary N) is 2. The molecule has 1 aliphatic rings. The number of ether oxygens (including phenoxy) is 1. The maximum atomic E-state index is 12.5. The smallest absolute Gasteiger partial charge is 0.251 e.